The quantitative estimate of drug-likeness (QED) is 0.861. The van der Waals surface area contributed by atoms with Crippen molar-refractivity contribution in [3.05, 3.63) is 0 Å². The van der Waals surface area contributed by atoms with E-state index in [2.05, 4.69) is 5.32 Å². The standard InChI is InChI=1S/C17H27FN2O3/c18-10-16(5-8-22-9-6-16)11-19-15(21)20-12-17(4-1-7-23-17)14(20)13-2-3-13/h13-14H,1-12H2,(H,19,21). The van der Waals surface area contributed by atoms with E-state index in [0.717, 1.165) is 19.4 Å². The lowest BCUT2D eigenvalue weighted by Gasteiger charge is -2.55. The number of rotatable bonds is 4. The molecule has 2 unspecified atom stereocenters. The highest BCUT2D eigenvalue weighted by atomic mass is 19.1. The van der Waals surface area contributed by atoms with Gasteiger partial charge in [-0.2, -0.15) is 0 Å². The van der Waals surface area contributed by atoms with Gasteiger partial charge in [-0.25, -0.2) is 4.79 Å². The van der Waals surface area contributed by atoms with E-state index in [1.807, 2.05) is 4.90 Å². The molecule has 2 atom stereocenters. The minimum Gasteiger partial charge on any atom is -0.381 e. The number of nitrogens with one attached hydrogen (secondary N) is 1. The van der Waals surface area contributed by atoms with E-state index < -0.39 is 12.1 Å². The first-order chi connectivity index (χ1) is 11.2. The fraction of sp³-hybridized carbons (Fsp3) is 0.941. The van der Waals surface area contributed by atoms with Crippen LogP contribution in [0.15, 0.2) is 0 Å². The summed E-state index contributed by atoms with van der Waals surface area (Å²) in [6.45, 7) is 2.72. The molecule has 23 heavy (non-hydrogen) atoms. The van der Waals surface area contributed by atoms with Gasteiger partial charge < -0.3 is 19.7 Å². The fourth-order valence-corrected chi connectivity index (χ4v) is 4.55. The van der Waals surface area contributed by atoms with E-state index in [0.29, 0.717) is 45.1 Å². The Bertz CT molecular complexity index is 457. The van der Waals surface area contributed by atoms with E-state index in [-0.39, 0.29) is 17.7 Å². The maximum atomic E-state index is 13.5. The molecule has 2 amide bonds. The smallest absolute Gasteiger partial charge is 0.317 e. The number of urea groups is 1. The van der Waals surface area contributed by atoms with Crippen LogP contribution >= 0.6 is 0 Å². The molecule has 6 heteroatoms. The zero-order valence-corrected chi connectivity index (χ0v) is 13.7. The number of ether oxygens (including phenoxy) is 2. The number of likely N-dealkylation sites (tertiary alicyclic amines) is 1. The summed E-state index contributed by atoms with van der Waals surface area (Å²) in [7, 11) is 0. The summed E-state index contributed by atoms with van der Waals surface area (Å²) < 4.78 is 24.8. The van der Waals surface area contributed by atoms with E-state index in [1.54, 1.807) is 0 Å². The molecule has 0 aromatic heterocycles. The Morgan fingerprint density at radius 2 is 2.00 bits per heavy atom. The van der Waals surface area contributed by atoms with E-state index in [4.69, 9.17) is 9.47 Å². The van der Waals surface area contributed by atoms with Crippen molar-refractivity contribution in [1.29, 1.82) is 0 Å². The first-order valence-corrected chi connectivity index (χ1v) is 9.00. The molecule has 130 valence electrons. The normalized spacial score (nSPS) is 36.0. The Kier molecular flexibility index (Phi) is 4.00. The Balaban J connectivity index is 1.36. The van der Waals surface area contributed by atoms with Gasteiger partial charge in [0.15, 0.2) is 0 Å². The largest absolute Gasteiger partial charge is 0.381 e. The Hall–Kier alpha value is -0.880. The molecule has 1 N–H and O–H groups in total. The number of amides is 2. The van der Waals surface area contributed by atoms with Crippen LogP contribution in [0.3, 0.4) is 0 Å². The highest BCUT2D eigenvalue weighted by Crippen LogP contribution is 2.51. The Morgan fingerprint density at radius 3 is 2.61 bits per heavy atom. The van der Waals surface area contributed by atoms with Gasteiger partial charge in [0, 0.05) is 31.8 Å². The van der Waals surface area contributed by atoms with Crippen LogP contribution in [-0.2, 0) is 9.47 Å². The van der Waals surface area contributed by atoms with Gasteiger partial charge in [0.05, 0.1) is 19.3 Å². The van der Waals surface area contributed by atoms with E-state index >= 15 is 0 Å². The number of nitrogens with zero attached hydrogens (tertiary/aromatic N) is 1. The van der Waals surface area contributed by atoms with Crippen molar-refractivity contribution in [3.63, 3.8) is 0 Å². The lowest BCUT2D eigenvalue weighted by molar-refractivity contribution is -0.147. The third kappa shape index (κ3) is 2.74. The minimum absolute atomic E-state index is 0.0395. The van der Waals surface area contributed by atoms with Crippen molar-refractivity contribution in [2.75, 3.05) is 39.6 Å². The summed E-state index contributed by atoms with van der Waals surface area (Å²) in [4.78, 5) is 14.6. The van der Waals surface area contributed by atoms with E-state index in [9.17, 15) is 9.18 Å². The minimum atomic E-state index is -0.435. The first-order valence-electron chi connectivity index (χ1n) is 9.00. The highest BCUT2D eigenvalue weighted by Gasteiger charge is 2.61. The zero-order valence-electron chi connectivity index (χ0n) is 13.7. The van der Waals surface area contributed by atoms with Crippen molar-refractivity contribution in [2.45, 2.75) is 50.2 Å². The van der Waals surface area contributed by atoms with Crippen LogP contribution in [-0.4, -0.2) is 62.2 Å². The van der Waals surface area contributed by atoms with Gasteiger partial charge in [-0.3, -0.25) is 4.39 Å². The molecule has 3 heterocycles. The number of hydrogen-bond donors (Lipinski definition) is 1. The monoisotopic (exact) mass is 326 g/mol. The van der Waals surface area contributed by atoms with Gasteiger partial charge in [-0.05, 0) is 44.4 Å². The second-order valence-electron chi connectivity index (χ2n) is 7.83. The van der Waals surface area contributed by atoms with Crippen molar-refractivity contribution in [1.82, 2.24) is 10.2 Å². The molecule has 5 nitrogen and oxygen atoms in total. The van der Waals surface area contributed by atoms with Crippen molar-refractivity contribution in [2.24, 2.45) is 11.3 Å². The van der Waals surface area contributed by atoms with Crippen molar-refractivity contribution >= 4 is 6.03 Å². The predicted molar refractivity (Wildman–Crippen MR) is 83.0 cm³/mol. The first kappa shape index (κ1) is 15.6. The van der Waals surface area contributed by atoms with Gasteiger partial charge in [0.25, 0.3) is 0 Å². The molecule has 1 spiro atoms. The van der Waals surface area contributed by atoms with Gasteiger partial charge in [-0.1, -0.05) is 0 Å². The predicted octanol–water partition coefficient (Wildman–Crippen LogP) is 2.11. The molecule has 4 fully saturated rings. The summed E-state index contributed by atoms with van der Waals surface area (Å²) in [5.74, 6) is 0.603. The summed E-state index contributed by atoms with van der Waals surface area (Å²) in [5, 5.41) is 3.00. The molecule has 3 saturated heterocycles. The van der Waals surface area contributed by atoms with Gasteiger partial charge in [0.1, 0.15) is 5.60 Å². The summed E-state index contributed by atoms with van der Waals surface area (Å²) in [6.07, 6.45) is 5.94. The van der Waals surface area contributed by atoms with Crippen LogP contribution in [0.2, 0.25) is 0 Å². The molecule has 4 aliphatic rings. The fourth-order valence-electron chi connectivity index (χ4n) is 4.55. The van der Waals surface area contributed by atoms with Crippen LogP contribution in [0, 0.1) is 11.3 Å². The van der Waals surface area contributed by atoms with Crippen LogP contribution < -0.4 is 5.32 Å². The van der Waals surface area contributed by atoms with Gasteiger partial charge >= 0.3 is 6.03 Å². The molecule has 0 bridgehead atoms. The number of carbonyl (C=O) groups excluding carboxylic acids is 1. The Labute approximate surface area is 136 Å². The summed E-state index contributed by atoms with van der Waals surface area (Å²) in [6, 6.07) is 0.198. The molecular formula is C17H27FN2O3. The van der Waals surface area contributed by atoms with Crippen molar-refractivity contribution < 1.29 is 18.7 Å². The molecule has 0 radical (unpaired) electrons. The number of halogens is 1. The SMILES string of the molecule is O=C(NCC1(CF)CCOCC1)N1CC2(CCCO2)C1C1CC1. The maximum Gasteiger partial charge on any atom is 0.317 e. The van der Waals surface area contributed by atoms with Crippen LogP contribution in [0.1, 0.15) is 38.5 Å². The third-order valence-electron chi connectivity index (χ3n) is 6.23. The average molecular weight is 326 g/mol. The number of alkyl halides is 1. The molecule has 3 aliphatic heterocycles. The average Bonchev–Trinajstić information content (AvgIpc) is 3.24. The molecule has 1 aliphatic carbocycles. The van der Waals surface area contributed by atoms with E-state index in [1.165, 1.54) is 12.8 Å². The van der Waals surface area contributed by atoms with Gasteiger partial charge in [0.2, 0.25) is 0 Å². The number of hydrogen-bond acceptors (Lipinski definition) is 3. The summed E-state index contributed by atoms with van der Waals surface area (Å²) in [5.41, 5.74) is -0.510. The number of carbonyl (C=O) groups is 1. The second kappa shape index (κ2) is 5.88. The molecule has 0 aromatic carbocycles. The third-order valence-corrected chi connectivity index (χ3v) is 6.23. The van der Waals surface area contributed by atoms with Crippen LogP contribution in [0.25, 0.3) is 0 Å². The topological polar surface area (TPSA) is 50.8 Å². The van der Waals surface area contributed by atoms with Crippen LogP contribution in [0.4, 0.5) is 9.18 Å². The highest BCUT2D eigenvalue weighted by molar-refractivity contribution is 5.76. The lowest BCUT2D eigenvalue weighted by Crippen LogP contribution is -2.73. The molecule has 1 saturated carbocycles. The zero-order chi connectivity index (χ0) is 15.9. The second-order valence-corrected chi connectivity index (χ2v) is 7.83. The molecule has 0 aromatic rings. The Morgan fingerprint density at radius 1 is 1.22 bits per heavy atom. The van der Waals surface area contributed by atoms with Crippen LogP contribution in [0.5, 0.6) is 0 Å². The maximum absolute atomic E-state index is 13.5. The summed E-state index contributed by atoms with van der Waals surface area (Å²) >= 11 is 0. The lowest BCUT2D eigenvalue weighted by atomic mass is 9.78. The molecule has 4 rings (SSSR count). The molecular weight excluding hydrogens is 299 g/mol. The van der Waals surface area contributed by atoms with Gasteiger partial charge in [-0.15, -0.1) is 0 Å². The van der Waals surface area contributed by atoms with Crippen molar-refractivity contribution in [3.8, 4) is 0 Å².